The molecule has 1 heterocycles. The van der Waals surface area contributed by atoms with E-state index in [1.165, 1.54) is 0 Å². The van der Waals surface area contributed by atoms with Crippen LogP contribution in [0.25, 0.3) is 0 Å². The third kappa shape index (κ3) is 4.52. The third-order valence-electron chi connectivity index (χ3n) is 3.60. The van der Waals surface area contributed by atoms with Gasteiger partial charge >= 0.3 is 0 Å². The molecule has 0 aliphatic heterocycles. The molecule has 0 amide bonds. The first kappa shape index (κ1) is 18.6. The number of halogens is 3. The van der Waals surface area contributed by atoms with Gasteiger partial charge in [-0.3, -0.25) is 0 Å². The Balaban J connectivity index is 1.73. The van der Waals surface area contributed by atoms with Crippen LogP contribution >= 0.6 is 34.8 Å². The lowest BCUT2D eigenvalue weighted by Crippen LogP contribution is -2.12. The second-order valence-electron chi connectivity index (χ2n) is 5.32. The van der Waals surface area contributed by atoms with Crippen LogP contribution in [-0.4, -0.2) is 22.0 Å². The zero-order valence-corrected chi connectivity index (χ0v) is 16.0. The number of benzene rings is 2. The summed E-state index contributed by atoms with van der Waals surface area (Å²) >= 11 is 18.5. The van der Waals surface area contributed by atoms with Crippen LogP contribution in [0, 0.1) is 0 Å². The number of rotatable bonds is 7. The molecule has 9 heteroatoms. The van der Waals surface area contributed by atoms with Gasteiger partial charge in [0, 0.05) is 26.7 Å². The van der Waals surface area contributed by atoms with Crippen molar-refractivity contribution in [3.05, 3.63) is 69.2 Å². The maximum atomic E-state index is 6.37. The number of nitrogens with zero attached hydrogens (tertiary/aromatic N) is 3. The number of hydrogen-bond donors (Lipinski definition) is 1. The molecule has 0 unspecified atom stereocenters. The third-order valence-corrected chi connectivity index (χ3v) is 4.54. The summed E-state index contributed by atoms with van der Waals surface area (Å²) in [6.07, 6.45) is 3.11. The van der Waals surface area contributed by atoms with Crippen molar-refractivity contribution in [3.63, 3.8) is 0 Å². The Morgan fingerprint density at radius 1 is 0.962 bits per heavy atom. The van der Waals surface area contributed by atoms with Gasteiger partial charge in [-0.2, -0.15) is 0 Å². The van der Waals surface area contributed by atoms with Crippen LogP contribution in [-0.2, 0) is 13.2 Å². The molecule has 0 atom stereocenters. The Morgan fingerprint density at radius 3 is 2.38 bits per heavy atom. The number of methoxy groups -OCH3 is 1. The summed E-state index contributed by atoms with van der Waals surface area (Å²) in [5.74, 6) is 1.09. The van der Waals surface area contributed by atoms with Crippen molar-refractivity contribution in [1.29, 1.82) is 0 Å². The van der Waals surface area contributed by atoms with Crippen LogP contribution < -0.4 is 14.9 Å². The Labute approximate surface area is 165 Å². The van der Waals surface area contributed by atoms with Gasteiger partial charge in [0.1, 0.15) is 19.3 Å². The number of ether oxygens (including phenoxy) is 2. The molecule has 0 aliphatic rings. The Hall–Kier alpha value is -2.15. The largest absolute Gasteiger partial charge is 0.493 e. The first-order valence-corrected chi connectivity index (χ1v) is 8.72. The Morgan fingerprint density at radius 2 is 1.69 bits per heavy atom. The standard InChI is InChI=1S/C17H15Cl3N4O2/c1-25-16-4-12(7-23-24-9-21-22-10-24)15(20)6-17(16)26-8-11-2-3-13(18)5-14(11)19/h2-6,9-10,23H,7-8H2,1H3. The molecule has 0 saturated carbocycles. The molecular weight excluding hydrogens is 399 g/mol. The highest BCUT2D eigenvalue weighted by Crippen LogP contribution is 2.34. The predicted molar refractivity (Wildman–Crippen MR) is 102 cm³/mol. The first-order valence-electron chi connectivity index (χ1n) is 7.58. The van der Waals surface area contributed by atoms with Crippen molar-refractivity contribution in [2.24, 2.45) is 0 Å². The summed E-state index contributed by atoms with van der Waals surface area (Å²) in [6, 6.07) is 8.78. The van der Waals surface area contributed by atoms with Crippen LogP contribution in [0.4, 0.5) is 0 Å². The minimum atomic E-state index is 0.265. The zero-order chi connectivity index (χ0) is 18.5. The highest BCUT2D eigenvalue weighted by molar-refractivity contribution is 6.35. The molecule has 0 spiro atoms. The molecule has 0 aliphatic carbocycles. The molecule has 6 nitrogen and oxygen atoms in total. The fraction of sp³-hybridized carbons (Fsp3) is 0.176. The molecule has 26 heavy (non-hydrogen) atoms. The average molecular weight is 414 g/mol. The molecule has 0 bridgehead atoms. The molecule has 2 aromatic carbocycles. The van der Waals surface area contributed by atoms with E-state index in [1.807, 2.05) is 12.1 Å². The molecule has 0 fully saturated rings. The van der Waals surface area contributed by atoms with Gasteiger partial charge in [-0.05, 0) is 23.8 Å². The van der Waals surface area contributed by atoms with E-state index in [1.54, 1.807) is 42.6 Å². The molecule has 0 saturated heterocycles. The smallest absolute Gasteiger partial charge is 0.163 e. The van der Waals surface area contributed by atoms with E-state index in [-0.39, 0.29) is 6.61 Å². The number of hydrogen-bond acceptors (Lipinski definition) is 5. The fourth-order valence-corrected chi connectivity index (χ4v) is 2.92. The van der Waals surface area contributed by atoms with Crippen LogP contribution in [0.15, 0.2) is 43.0 Å². The normalized spacial score (nSPS) is 10.6. The van der Waals surface area contributed by atoms with Gasteiger partial charge in [0.2, 0.25) is 0 Å². The Kier molecular flexibility index (Phi) is 6.08. The summed E-state index contributed by atoms with van der Waals surface area (Å²) in [6.45, 7) is 0.734. The maximum absolute atomic E-state index is 6.37. The van der Waals surface area contributed by atoms with Crippen LogP contribution in [0.1, 0.15) is 11.1 Å². The van der Waals surface area contributed by atoms with Crippen molar-refractivity contribution >= 4 is 34.8 Å². The highest BCUT2D eigenvalue weighted by atomic mass is 35.5. The fourth-order valence-electron chi connectivity index (χ4n) is 2.24. The van der Waals surface area contributed by atoms with Crippen molar-refractivity contribution in [3.8, 4) is 11.5 Å². The monoisotopic (exact) mass is 412 g/mol. The van der Waals surface area contributed by atoms with Crippen LogP contribution in [0.2, 0.25) is 15.1 Å². The van der Waals surface area contributed by atoms with Crippen molar-refractivity contribution in [1.82, 2.24) is 14.9 Å². The minimum absolute atomic E-state index is 0.265. The van der Waals surface area contributed by atoms with Gasteiger partial charge in [-0.15, -0.1) is 10.2 Å². The van der Waals surface area contributed by atoms with E-state index in [2.05, 4.69) is 15.6 Å². The minimum Gasteiger partial charge on any atom is -0.493 e. The van der Waals surface area contributed by atoms with Crippen LogP contribution in [0.5, 0.6) is 11.5 Å². The van der Waals surface area contributed by atoms with Gasteiger partial charge in [-0.25, -0.2) is 4.68 Å². The lowest BCUT2D eigenvalue weighted by Gasteiger charge is -2.15. The van der Waals surface area contributed by atoms with Crippen LogP contribution in [0.3, 0.4) is 0 Å². The van der Waals surface area contributed by atoms with Crippen molar-refractivity contribution in [2.45, 2.75) is 13.2 Å². The van der Waals surface area contributed by atoms with Crippen molar-refractivity contribution in [2.75, 3.05) is 12.5 Å². The summed E-state index contributed by atoms with van der Waals surface area (Å²) in [5, 5.41) is 9.11. The first-order chi connectivity index (χ1) is 12.6. The topological polar surface area (TPSA) is 61.2 Å². The highest BCUT2D eigenvalue weighted by Gasteiger charge is 2.12. The van der Waals surface area contributed by atoms with Crippen molar-refractivity contribution < 1.29 is 9.47 Å². The summed E-state index contributed by atoms with van der Waals surface area (Å²) in [5.41, 5.74) is 4.76. The number of nitrogens with one attached hydrogen (secondary N) is 1. The molecule has 3 rings (SSSR count). The molecule has 1 aromatic heterocycles. The molecule has 136 valence electrons. The Bertz CT molecular complexity index is 888. The average Bonchev–Trinajstić information content (AvgIpc) is 3.13. The van der Waals surface area contributed by atoms with Gasteiger partial charge in [0.25, 0.3) is 0 Å². The summed E-state index contributed by atoms with van der Waals surface area (Å²) in [7, 11) is 1.57. The van der Waals surface area contributed by atoms with E-state index in [4.69, 9.17) is 44.3 Å². The van der Waals surface area contributed by atoms with Gasteiger partial charge in [0.15, 0.2) is 11.5 Å². The second kappa shape index (κ2) is 8.49. The van der Waals surface area contributed by atoms with E-state index < -0.39 is 0 Å². The number of aromatic nitrogens is 3. The molecule has 3 aromatic rings. The molecule has 1 N–H and O–H groups in total. The van der Waals surface area contributed by atoms with E-state index in [9.17, 15) is 0 Å². The van der Waals surface area contributed by atoms with Gasteiger partial charge in [-0.1, -0.05) is 40.9 Å². The van der Waals surface area contributed by atoms with E-state index >= 15 is 0 Å². The predicted octanol–water partition coefficient (Wildman–Crippen LogP) is 4.57. The quantitative estimate of drug-likeness (QED) is 0.615. The van der Waals surface area contributed by atoms with Gasteiger partial charge < -0.3 is 14.9 Å². The van der Waals surface area contributed by atoms with E-state index in [0.29, 0.717) is 33.1 Å². The lowest BCUT2D eigenvalue weighted by atomic mass is 10.2. The second-order valence-corrected chi connectivity index (χ2v) is 6.57. The van der Waals surface area contributed by atoms with E-state index in [0.717, 1.165) is 11.1 Å². The lowest BCUT2D eigenvalue weighted by molar-refractivity contribution is 0.284. The summed E-state index contributed by atoms with van der Waals surface area (Å²) < 4.78 is 12.9. The molecule has 0 radical (unpaired) electrons. The summed E-state index contributed by atoms with van der Waals surface area (Å²) in [4.78, 5) is 0. The maximum Gasteiger partial charge on any atom is 0.163 e. The van der Waals surface area contributed by atoms with Gasteiger partial charge in [0.05, 0.1) is 13.7 Å². The molecular formula is C17H15Cl3N4O2. The SMILES string of the molecule is COc1cc(CNn2cnnc2)c(Cl)cc1OCc1ccc(Cl)cc1Cl. The zero-order valence-electron chi connectivity index (χ0n) is 13.7.